The second kappa shape index (κ2) is 7.60. The van der Waals surface area contributed by atoms with Gasteiger partial charge in [-0.05, 0) is 19.1 Å². The molecule has 0 aliphatic heterocycles. The van der Waals surface area contributed by atoms with E-state index < -0.39 is 17.2 Å². The van der Waals surface area contributed by atoms with Crippen molar-refractivity contribution in [2.45, 2.75) is 39.2 Å². The zero-order valence-corrected chi connectivity index (χ0v) is 17.3. The fourth-order valence-electron chi connectivity index (χ4n) is 2.48. The Morgan fingerprint density at radius 2 is 2.00 bits per heavy atom. The average Bonchev–Trinajstić information content (AvgIpc) is 3.11. The molecule has 1 aromatic carbocycles. The van der Waals surface area contributed by atoms with Gasteiger partial charge < -0.3 is 5.32 Å². The van der Waals surface area contributed by atoms with Crippen molar-refractivity contribution < 1.29 is 8.78 Å². The molecule has 28 heavy (non-hydrogen) atoms. The molecule has 5 nitrogen and oxygen atoms in total. The van der Waals surface area contributed by atoms with Crippen molar-refractivity contribution in [1.29, 1.82) is 0 Å². The molecule has 1 unspecified atom stereocenters. The van der Waals surface area contributed by atoms with Crippen molar-refractivity contribution in [1.82, 2.24) is 14.8 Å². The topological polar surface area (TPSA) is 59.8 Å². The van der Waals surface area contributed by atoms with E-state index in [1.165, 1.54) is 17.5 Å². The summed E-state index contributed by atoms with van der Waals surface area (Å²) in [5, 5.41) is 9.79. The van der Waals surface area contributed by atoms with Crippen LogP contribution in [0, 0.1) is 11.6 Å². The van der Waals surface area contributed by atoms with Gasteiger partial charge in [0, 0.05) is 16.9 Å². The van der Waals surface area contributed by atoms with E-state index in [9.17, 15) is 13.6 Å². The van der Waals surface area contributed by atoms with Crippen LogP contribution in [-0.4, -0.2) is 14.8 Å². The molecule has 0 radical (unpaired) electrons. The number of thiazole rings is 1. The number of aromatic nitrogens is 3. The lowest BCUT2D eigenvalue weighted by atomic mass is 9.93. The maximum atomic E-state index is 14.0. The van der Waals surface area contributed by atoms with E-state index in [-0.39, 0.29) is 22.2 Å². The van der Waals surface area contributed by atoms with Gasteiger partial charge in [-0.15, -0.1) is 11.3 Å². The van der Waals surface area contributed by atoms with Crippen LogP contribution >= 0.6 is 22.9 Å². The van der Waals surface area contributed by atoms with Crippen LogP contribution < -0.4 is 10.9 Å². The van der Waals surface area contributed by atoms with Gasteiger partial charge in [-0.25, -0.2) is 13.8 Å². The summed E-state index contributed by atoms with van der Waals surface area (Å²) in [5.41, 5.74) is 0.340. The van der Waals surface area contributed by atoms with Crippen molar-refractivity contribution in [2.24, 2.45) is 0 Å². The Bertz CT molecular complexity index is 1070. The Labute approximate surface area is 170 Å². The zero-order chi connectivity index (χ0) is 20.6. The summed E-state index contributed by atoms with van der Waals surface area (Å²) < 4.78 is 27.9. The normalized spacial score (nSPS) is 12.8. The Morgan fingerprint density at radius 1 is 1.29 bits per heavy atom. The quantitative estimate of drug-likeness (QED) is 0.633. The minimum atomic E-state index is -0.905. The highest BCUT2D eigenvalue weighted by atomic mass is 35.5. The molecule has 148 valence electrons. The van der Waals surface area contributed by atoms with E-state index in [4.69, 9.17) is 11.6 Å². The summed E-state index contributed by atoms with van der Waals surface area (Å²) in [5.74, 6) is -1.65. The van der Waals surface area contributed by atoms with Gasteiger partial charge in [-0.2, -0.15) is 9.78 Å². The van der Waals surface area contributed by atoms with E-state index >= 15 is 0 Å². The van der Waals surface area contributed by atoms with Gasteiger partial charge in [0.05, 0.1) is 23.6 Å². The van der Waals surface area contributed by atoms with Gasteiger partial charge in [-0.3, -0.25) is 4.79 Å². The predicted molar refractivity (Wildman–Crippen MR) is 108 cm³/mol. The lowest BCUT2D eigenvalue weighted by molar-refractivity contribution is 0.569. The fraction of sp³-hybridized carbons (Fsp3) is 0.316. The first-order valence-electron chi connectivity index (χ1n) is 8.53. The average molecular weight is 425 g/mol. The van der Waals surface area contributed by atoms with Gasteiger partial charge >= 0.3 is 0 Å². The molecule has 9 heteroatoms. The largest absolute Gasteiger partial charge is 0.373 e. The molecule has 0 saturated heterocycles. The van der Waals surface area contributed by atoms with Crippen molar-refractivity contribution >= 4 is 28.6 Å². The maximum absolute atomic E-state index is 14.0. The molecule has 0 fully saturated rings. The molecule has 0 spiro atoms. The first-order valence-corrected chi connectivity index (χ1v) is 9.79. The van der Waals surface area contributed by atoms with Crippen molar-refractivity contribution in [3.63, 3.8) is 0 Å². The van der Waals surface area contributed by atoms with Crippen LogP contribution in [0.3, 0.4) is 0 Å². The molecule has 3 rings (SSSR count). The SMILES string of the molecule is CC(Nc1cnn(-c2ccc(F)cc2F)c(=O)c1Cl)c1nc(C(C)(C)C)cs1. The molecular formula is C19H19ClF2N4OS. The predicted octanol–water partition coefficient (Wildman–Crippen LogP) is 5.09. The molecular weight excluding hydrogens is 406 g/mol. The van der Waals surface area contributed by atoms with Crippen LogP contribution in [0.4, 0.5) is 14.5 Å². The number of hydrogen-bond acceptors (Lipinski definition) is 5. The number of nitrogens with one attached hydrogen (secondary N) is 1. The Hall–Kier alpha value is -2.32. The molecule has 2 heterocycles. The third-order valence-corrected chi connectivity index (χ3v) is 5.48. The van der Waals surface area contributed by atoms with Gasteiger partial charge in [-0.1, -0.05) is 32.4 Å². The molecule has 0 aliphatic carbocycles. The highest BCUT2D eigenvalue weighted by Crippen LogP contribution is 2.29. The summed E-state index contributed by atoms with van der Waals surface area (Å²) >= 11 is 7.70. The number of rotatable bonds is 4. The molecule has 1 N–H and O–H groups in total. The van der Waals surface area contributed by atoms with Crippen LogP contribution in [-0.2, 0) is 5.41 Å². The molecule has 0 bridgehead atoms. The Balaban J connectivity index is 1.89. The van der Waals surface area contributed by atoms with Gasteiger partial charge in [0.1, 0.15) is 21.5 Å². The Morgan fingerprint density at radius 3 is 2.61 bits per heavy atom. The standard InChI is InChI=1S/C19H19ClF2N4OS/c1-10(17-25-15(9-28-17)19(2,3)4)24-13-8-23-26(18(27)16(13)20)14-6-5-11(21)7-12(14)22/h5-10,24H,1-4H3. The highest BCUT2D eigenvalue weighted by molar-refractivity contribution is 7.09. The lowest BCUT2D eigenvalue weighted by Gasteiger charge is -2.16. The summed E-state index contributed by atoms with van der Waals surface area (Å²) in [6.45, 7) is 8.14. The summed E-state index contributed by atoms with van der Waals surface area (Å²) in [6.07, 6.45) is 1.33. The van der Waals surface area contributed by atoms with Gasteiger partial charge in [0.25, 0.3) is 5.56 Å². The van der Waals surface area contributed by atoms with Crippen molar-refractivity contribution in [3.8, 4) is 5.69 Å². The van der Waals surface area contributed by atoms with E-state index in [0.29, 0.717) is 11.8 Å². The number of hydrogen-bond donors (Lipinski definition) is 1. The third-order valence-electron chi connectivity index (χ3n) is 4.09. The van der Waals surface area contributed by atoms with Crippen molar-refractivity contribution in [2.75, 3.05) is 5.32 Å². The van der Waals surface area contributed by atoms with E-state index in [2.05, 4.69) is 36.2 Å². The minimum absolute atomic E-state index is 0.0621. The summed E-state index contributed by atoms with van der Waals surface area (Å²) in [4.78, 5) is 17.2. The number of nitrogens with zero attached hydrogens (tertiary/aromatic N) is 3. The van der Waals surface area contributed by atoms with Gasteiger partial charge in [0.15, 0.2) is 5.82 Å². The van der Waals surface area contributed by atoms with Gasteiger partial charge in [0.2, 0.25) is 0 Å². The van der Waals surface area contributed by atoms with Crippen LogP contribution in [0.5, 0.6) is 0 Å². The zero-order valence-electron chi connectivity index (χ0n) is 15.8. The van der Waals surface area contributed by atoms with Crippen LogP contribution in [0.25, 0.3) is 5.69 Å². The highest BCUT2D eigenvalue weighted by Gasteiger charge is 2.21. The molecule has 0 amide bonds. The second-order valence-electron chi connectivity index (χ2n) is 7.37. The Kier molecular flexibility index (Phi) is 5.54. The van der Waals surface area contributed by atoms with Crippen molar-refractivity contribution in [3.05, 3.63) is 67.5 Å². The maximum Gasteiger partial charge on any atom is 0.292 e. The summed E-state index contributed by atoms with van der Waals surface area (Å²) in [7, 11) is 0. The summed E-state index contributed by atoms with van der Waals surface area (Å²) in [6, 6.07) is 2.65. The van der Waals surface area contributed by atoms with E-state index in [1.807, 2.05) is 12.3 Å². The number of anilines is 1. The van der Waals surface area contributed by atoms with Crippen LogP contribution in [0.1, 0.15) is 44.4 Å². The van der Waals surface area contributed by atoms with Crippen LogP contribution in [0.2, 0.25) is 5.02 Å². The molecule has 1 atom stereocenters. The molecule has 2 aromatic heterocycles. The third kappa shape index (κ3) is 4.07. The smallest absolute Gasteiger partial charge is 0.292 e. The molecule has 0 saturated carbocycles. The van der Waals surface area contributed by atoms with Crippen LogP contribution in [0.15, 0.2) is 34.6 Å². The fourth-order valence-corrected chi connectivity index (χ4v) is 3.72. The molecule has 3 aromatic rings. The monoisotopic (exact) mass is 424 g/mol. The lowest BCUT2D eigenvalue weighted by Crippen LogP contribution is -2.24. The second-order valence-corrected chi connectivity index (χ2v) is 8.64. The number of halogens is 3. The first-order chi connectivity index (χ1) is 13.1. The number of benzene rings is 1. The van der Waals surface area contributed by atoms with E-state index in [0.717, 1.165) is 27.5 Å². The minimum Gasteiger partial charge on any atom is -0.373 e. The first kappa shape index (κ1) is 20.4. The molecule has 0 aliphatic rings. The van der Waals surface area contributed by atoms with E-state index in [1.54, 1.807) is 0 Å².